The van der Waals surface area contributed by atoms with Crippen molar-refractivity contribution in [1.82, 2.24) is 15.1 Å². The lowest BCUT2D eigenvalue weighted by Gasteiger charge is -2.28. The van der Waals surface area contributed by atoms with E-state index in [1.54, 1.807) is 0 Å². The molecule has 21 heavy (non-hydrogen) atoms. The van der Waals surface area contributed by atoms with Gasteiger partial charge in [-0.1, -0.05) is 23.2 Å². The molecule has 1 aromatic heterocycles. The summed E-state index contributed by atoms with van der Waals surface area (Å²) in [7, 11) is 2.01. The van der Waals surface area contributed by atoms with Crippen molar-refractivity contribution in [2.75, 3.05) is 0 Å². The second-order valence-electron chi connectivity index (χ2n) is 5.67. The topological polar surface area (TPSA) is 29.9 Å². The van der Waals surface area contributed by atoms with Gasteiger partial charge in [0.15, 0.2) is 0 Å². The van der Waals surface area contributed by atoms with Gasteiger partial charge in [-0.3, -0.25) is 4.68 Å². The minimum Gasteiger partial charge on any atom is -0.303 e. The van der Waals surface area contributed by atoms with E-state index in [1.165, 1.54) is 17.7 Å². The van der Waals surface area contributed by atoms with Crippen LogP contribution in [-0.4, -0.2) is 9.78 Å². The number of rotatable bonds is 3. The van der Waals surface area contributed by atoms with Gasteiger partial charge in [0.05, 0.1) is 6.20 Å². The lowest BCUT2D eigenvalue weighted by Crippen LogP contribution is -2.28. The molecule has 0 saturated carbocycles. The van der Waals surface area contributed by atoms with Crippen LogP contribution in [0.5, 0.6) is 0 Å². The monoisotopic (exact) mass is 323 g/mol. The van der Waals surface area contributed by atoms with Crippen molar-refractivity contribution in [2.24, 2.45) is 7.05 Å². The van der Waals surface area contributed by atoms with Crippen molar-refractivity contribution in [3.63, 3.8) is 0 Å². The molecule has 1 aromatic carbocycles. The molecule has 0 aliphatic heterocycles. The SMILES string of the molecule is CC(NC1CCCc2c1cnn2C)c1cc(Cl)ccc1Cl. The van der Waals surface area contributed by atoms with Gasteiger partial charge in [-0.15, -0.1) is 0 Å². The van der Waals surface area contributed by atoms with Gasteiger partial charge in [-0.25, -0.2) is 0 Å². The Labute approximate surface area is 135 Å². The maximum atomic E-state index is 6.30. The molecular weight excluding hydrogens is 305 g/mol. The number of hydrogen-bond acceptors (Lipinski definition) is 2. The summed E-state index contributed by atoms with van der Waals surface area (Å²) in [6.45, 7) is 2.13. The smallest absolute Gasteiger partial charge is 0.0540 e. The Kier molecular flexibility index (Phi) is 4.25. The number of nitrogens with one attached hydrogen (secondary N) is 1. The van der Waals surface area contributed by atoms with Crippen molar-refractivity contribution in [3.05, 3.63) is 51.3 Å². The largest absolute Gasteiger partial charge is 0.303 e. The van der Waals surface area contributed by atoms with Crippen LogP contribution in [0.4, 0.5) is 0 Å². The zero-order chi connectivity index (χ0) is 15.0. The first-order chi connectivity index (χ1) is 10.1. The van der Waals surface area contributed by atoms with Gasteiger partial charge < -0.3 is 5.32 Å². The minimum absolute atomic E-state index is 0.146. The molecule has 2 unspecified atom stereocenters. The van der Waals surface area contributed by atoms with E-state index in [0.717, 1.165) is 23.4 Å². The summed E-state index contributed by atoms with van der Waals surface area (Å²) in [6.07, 6.45) is 5.40. The summed E-state index contributed by atoms with van der Waals surface area (Å²) >= 11 is 12.4. The van der Waals surface area contributed by atoms with Gasteiger partial charge in [-0.2, -0.15) is 5.10 Å². The predicted molar refractivity (Wildman–Crippen MR) is 86.9 cm³/mol. The molecule has 0 radical (unpaired) electrons. The Morgan fingerprint density at radius 2 is 2.19 bits per heavy atom. The second-order valence-corrected chi connectivity index (χ2v) is 6.51. The maximum Gasteiger partial charge on any atom is 0.0540 e. The number of aryl methyl sites for hydroxylation is 1. The van der Waals surface area contributed by atoms with Crippen LogP contribution in [0.15, 0.2) is 24.4 Å². The molecule has 3 nitrogen and oxygen atoms in total. The summed E-state index contributed by atoms with van der Waals surface area (Å²) in [5, 5.41) is 9.53. The molecule has 1 N–H and O–H groups in total. The Hall–Kier alpha value is -1.03. The van der Waals surface area contributed by atoms with Crippen molar-refractivity contribution in [3.8, 4) is 0 Å². The highest BCUT2D eigenvalue weighted by molar-refractivity contribution is 6.33. The summed E-state index contributed by atoms with van der Waals surface area (Å²) in [6, 6.07) is 6.09. The summed E-state index contributed by atoms with van der Waals surface area (Å²) < 4.78 is 1.99. The zero-order valence-corrected chi connectivity index (χ0v) is 13.7. The molecule has 2 aromatic rings. The van der Waals surface area contributed by atoms with E-state index >= 15 is 0 Å². The molecular formula is C16H19Cl2N3. The summed E-state index contributed by atoms with van der Waals surface area (Å²) in [4.78, 5) is 0. The van der Waals surface area contributed by atoms with E-state index in [0.29, 0.717) is 11.1 Å². The third-order valence-corrected chi connectivity index (χ3v) is 4.83. The highest BCUT2D eigenvalue weighted by Crippen LogP contribution is 2.33. The number of benzene rings is 1. The fraction of sp³-hybridized carbons (Fsp3) is 0.438. The van der Waals surface area contributed by atoms with Crippen LogP contribution >= 0.6 is 23.2 Å². The molecule has 0 fully saturated rings. The lowest BCUT2D eigenvalue weighted by atomic mass is 9.92. The third-order valence-electron chi connectivity index (χ3n) is 4.25. The predicted octanol–water partition coefficient (Wildman–Crippen LogP) is 4.46. The zero-order valence-electron chi connectivity index (χ0n) is 12.2. The van der Waals surface area contributed by atoms with E-state index in [1.807, 2.05) is 36.1 Å². The van der Waals surface area contributed by atoms with Crippen LogP contribution in [0.3, 0.4) is 0 Å². The average Bonchev–Trinajstić information content (AvgIpc) is 2.84. The van der Waals surface area contributed by atoms with Gasteiger partial charge >= 0.3 is 0 Å². The molecule has 2 atom stereocenters. The van der Waals surface area contributed by atoms with E-state index in [2.05, 4.69) is 17.3 Å². The Balaban J connectivity index is 1.82. The summed E-state index contributed by atoms with van der Waals surface area (Å²) in [5.41, 5.74) is 3.69. The molecule has 5 heteroatoms. The van der Waals surface area contributed by atoms with E-state index in [-0.39, 0.29) is 6.04 Å². The van der Waals surface area contributed by atoms with Crippen molar-refractivity contribution in [2.45, 2.75) is 38.3 Å². The molecule has 0 bridgehead atoms. The lowest BCUT2D eigenvalue weighted by molar-refractivity contribution is 0.411. The van der Waals surface area contributed by atoms with Crippen molar-refractivity contribution in [1.29, 1.82) is 0 Å². The fourth-order valence-corrected chi connectivity index (χ4v) is 3.58. The van der Waals surface area contributed by atoms with Crippen molar-refractivity contribution < 1.29 is 0 Å². The van der Waals surface area contributed by atoms with Crippen LogP contribution < -0.4 is 5.32 Å². The van der Waals surface area contributed by atoms with E-state index < -0.39 is 0 Å². The number of fused-ring (bicyclic) bond motifs is 1. The molecule has 112 valence electrons. The van der Waals surface area contributed by atoms with Gasteiger partial charge in [0.1, 0.15) is 0 Å². The normalized spacial score (nSPS) is 19.3. The molecule has 1 heterocycles. The number of aromatic nitrogens is 2. The van der Waals surface area contributed by atoms with E-state index in [9.17, 15) is 0 Å². The number of nitrogens with zero attached hydrogens (tertiary/aromatic N) is 2. The molecule has 1 aliphatic carbocycles. The Bertz CT molecular complexity index is 651. The average molecular weight is 324 g/mol. The van der Waals surface area contributed by atoms with Gasteiger partial charge in [0.2, 0.25) is 0 Å². The maximum absolute atomic E-state index is 6.30. The summed E-state index contributed by atoms with van der Waals surface area (Å²) in [5.74, 6) is 0. The quantitative estimate of drug-likeness (QED) is 0.904. The highest BCUT2D eigenvalue weighted by Gasteiger charge is 2.25. The van der Waals surface area contributed by atoms with Crippen LogP contribution in [0, 0.1) is 0 Å². The molecule has 1 aliphatic rings. The molecule has 3 rings (SSSR count). The van der Waals surface area contributed by atoms with Crippen LogP contribution in [0.25, 0.3) is 0 Å². The third kappa shape index (κ3) is 2.96. The molecule has 0 spiro atoms. The van der Waals surface area contributed by atoms with Gasteiger partial charge in [0.25, 0.3) is 0 Å². The first-order valence-electron chi connectivity index (χ1n) is 7.28. The second kappa shape index (κ2) is 5.99. The fourth-order valence-electron chi connectivity index (χ4n) is 3.12. The van der Waals surface area contributed by atoms with Crippen LogP contribution in [0.1, 0.15) is 48.7 Å². The molecule has 0 amide bonds. The number of halogens is 2. The van der Waals surface area contributed by atoms with Gasteiger partial charge in [0, 0.05) is 40.4 Å². The van der Waals surface area contributed by atoms with Gasteiger partial charge in [-0.05, 0) is 49.9 Å². The first-order valence-corrected chi connectivity index (χ1v) is 8.03. The van der Waals surface area contributed by atoms with E-state index in [4.69, 9.17) is 23.2 Å². The van der Waals surface area contributed by atoms with Crippen LogP contribution in [-0.2, 0) is 13.5 Å². The highest BCUT2D eigenvalue weighted by atomic mass is 35.5. The molecule has 0 saturated heterocycles. The minimum atomic E-state index is 0.146. The van der Waals surface area contributed by atoms with Crippen LogP contribution in [0.2, 0.25) is 10.0 Å². The van der Waals surface area contributed by atoms with Crippen molar-refractivity contribution >= 4 is 23.2 Å². The Morgan fingerprint density at radius 1 is 1.38 bits per heavy atom. The Morgan fingerprint density at radius 3 is 3.00 bits per heavy atom. The standard InChI is InChI=1S/C16H19Cl2N3/c1-10(12-8-11(17)6-7-14(12)18)20-15-4-3-5-16-13(15)9-19-21(16)2/h6-10,15,20H,3-5H2,1-2H3. The number of hydrogen-bond donors (Lipinski definition) is 1. The first kappa shape index (κ1) is 14.9.